The van der Waals surface area contributed by atoms with E-state index >= 15 is 0 Å². The van der Waals surface area contributed by atoms with E-state index in [-0.39, 0.29) is 0 Å². The molecule has 1 aliphatic rings. The zero-order chi connectivity index (χ0) is 13.5. The second-order valence-corrected chi connectivity index (χ2v) is 5.50. The fourth-order valence-electron chi connectivity index (χ4n) is 2.93. The summed E-state index contributed by atoms with van der Waals surface area (Å²) in [6, 6.07) is 11.1. The third kappa shape index (κ3) is 4.19. The molecule has 2 rings (SSSR count). The van der Waals surface area contributed by atoms with Gasteiger partial charge in [0, 0.05) is 19.1 Å². The fraction of sp³-hybridized carbons (Fsp3) is 0.529. The summed E-state index contributed by atoms with van der Waals surface area (Å²) >= 11 is 0. The lowest BCUT2D eigenvalue weighted by Crippen LogP contribution is -2.46. The maximum Gasteiger partial charge on any atom is 0.0224 e. The molecule has 1 aromatic carbocycles. The predicted octanol–water partition coefficient (Wildman–Crippen LogP) is 3.15. The molecule has 0 saturated carbocycles. The molecule has 1 fully saturated rings. The zero-order valence-electron chi connectivity index (χ0n) is 12.0. The minimum Gasteiger partial charge on any atom is -0.329 e. The Balaban J connectivity index is 1.86. The normalized spacial score (nSPS) is 24.9. The first kappa shape index (κ1) is 14.3. The smallest absolute Gasteiger partial charge is 0.0224 e. The van der Waals surface area contributed by atoms with Gasteiger partial charge in [-0.15, -0.1) is 0 Å². The van der Waals surface area contributed by atoms with Crippen molar-refractivity contribution in [1.29, 1.82) is 0 Å². The van der Waals surface area contributed by atoms with Gasteiger partial charge in [-0.2, -0.15) is 0 Å². The van der Waals surface area contributed by atoms with Crippen LogP contribution in [0.1, 0.15) is 31.7 Å². The molecule has 0 amide bonds. The van der Waals surface area contributed by atoms with Crippen molar-refractivity contribution in [3.8, 4) is 0 Å². The molecule has 2 heteroatoms. The molecule has 0 radical (unpaired) electrons. The average Bonchev–Trinajstić information content (AvgIpc) is 2.48. The minimum absolute atomic E-state index is 0.569. The van der Waals surface area contributed by atoms with Gasteiger partial charge in [-0.3, -0.25) is 4.90 Å². The lowest BCUT2D eigenvalue weighted by Gasteiger charge is -2.38. The van der Waals surface area contributed by atoms with Crippen molar-refractivity contribution < 1.29 is 0 Å². The highest BCUT2D eigenvalue weighted by Crippen LogP contribution is 2.24. The summed E-state index contributed by atoms with van der Waals surface area (Å²) in [6.45, 7) is 5.30. The van der Waals surface area contributed by atoms with Gasteiger partial charge in [-0.25, -0.2) is 0 Å². The molecule has 104 valence electrons. The SMILES string of the molecule is CCC1CCN(C/C=C/c2ccccc2)C(CN)C1. The molecule has 0 aromatic heterocycles. The highest BCUT2D eigenvalue weighted by Gasteiger charge is 2.25. The number of rotatable bonds is 5. The quantitative estimate of drug-likeness (QED) is 0.879. The van der Waals surface area contributed by atoms with Gasteiger partial charge >= 0.3 is 0 Å². The molecule has 1 aromatic rings. The second kappa shape index (κ2) is 7.46. The highest BCUT2D eigenvalue weighted by atomic mass is 15.2. The largest absolute Gasteiger partial charge is 0.329 e. The number of hydrogen-bond donors (Lipinski definition) is 1. The van der Waals surface area contributed by atoms with Crippen molar-refractivity contribution >= 4 is 6.08 Å². The number of piperidine rings is 1. The van der Waals surface area contributed by atoms with Crippen LogP contribution < -0.4 is 5.73 Å². The van der Waals surface area contributed by atoms with E-state index in [4.69, 9.17) is 5.73 Å². The standard InChI is InChI=1S/C17H26N2/c1-2-15-10-12-19(17(13-15)14-18)11-6-9-16-7-4-3-5-8-16/h3-9,15,17H,2,10-14,18H2,1H3/b9-6+. The summed E-state index contributed by atoms with van der Waals surface area (Å²) in [7, 11) is 0. The Hall–Kier alpha value is -1.12. The van der Waals surface area contributed by atoms with Crippen LogP contribution >= 0.6 is 0 Å². The Labute approximate surface area is 117 Å². The van der Waals surface area contributed by atoms with Gasteiger partial charge in [-0.05, 0) is 30.9 Å². The summed E-state index contributed by atoms with van der Waals surface area (Å²) in [5.74, 6) is 0.878. The van der Waals surface area contributed by atoms with Crippen LogP contribution in [-0.4, -0.2) is 30.6 Å². The fourth-order valence-corrected chi connectivity index (χ4v) is 2.93. The van der Waals surface area contributed by atoms with E-state index < -0.39 is 0 Å². The number of hydrogen-bond acceptors (Lipinski definition) is 2. The number of nitrogens with zero attached hydrogens (tertiary/aromatic N) is 1. The van der Waals surface area contributed by atoms with Crippen molar-refractivity contribution in [3.63, 3.8) is 0 Å². The van der Waals surface area contributed by atoms with Crippen LogP contribution in [0, 0.1) is 5.92 Å². The van der Waals surface area contributed by atoms with Gasteiger partial charge in [0.1, 0.15) is 0 Å². The van der Waals surface area contributed by atoms with E-state index in [9.17, 15) is 0 Å². The van der Waals surface area contributed by atoms with Crippen LogP contribution in [0.3, 0.4) is 0 Å². The molecule has 0 aliphatic carbocycles. The molecular formula is C17H26N2. The molecule has 1 heterocycles. The molecule has 2 N–H and O–H groups in total. The molecule has 0 spiro atoms. The zero-order valence-corrected chi connectivity index (χ0v) is 12.0. The van der Waals surface area contributed by atoms with E-state index in [0.717, 1.165) is 19.0 Å². The summed E-state index contributed by atoms with van der Waals surface area (Å²) in [5.41, 5.74) is 7.20. The van der Waals surface area contributed by atoms with E-state index in [1.54, 1.807) is 0 Å². The lowest BCUT2D eigenvalue weighted by molar-refractivity contribution is 0.128. The topological polar surface area (TPSA) is 29.3 Å². The second-order valence-electron chi connectivity index (χ2n) is 5.50. The Morgan fingerprint density at radius 2 is 2.11 bits per heavy atom. The first-order chi connectivity index (χ1) is 9.33. The lowest BCUT2D eigenvalue weighted by atomic mass is 9.89. The summed E-state index contributed by atoms with van der Waals surface area (Å²) in [5, 5.41) is 0. The van der Waals surface area contributed by atoms with Gasteiger partial charge in [0.15, 0.2) is 0 Å². The molecule has 2 nitrogen and oxygen atoms in total. The summed E-state index contributed by atoms with van der Waals surface area (Å²) in [6.07, 6.45) is 8.37. The molecule has 0 bridgehead atoms. The third-order valence-electron chi connectivity index (χ3n) is 4.25. The third-order valence-corrected chi connectivity index (χ3v) is 4.25. The Morgan fingerprint density at radius 1 is 1.32 bits per heavy atom. The minimum atomic E-state index is 0.569. The monoisotopic (exact) mass is 258 g/mol. The number of nitrogens with two attached hydrogens (primary N) is 1. The van der Waals surface area contributed by atoms with E-state index in [1.807, 2.05) is 0 Å². The Kier molecular flexibility index (Phi) is 5.62. The van der Waals surface area contributed by atoms with Gasteiger partial charge < -0.3 is 5.73 Å². The first-order valence-corrected chi connectivity index (χ1v) is 7.49. The van der Waals surface area contributed by atoms with Gasteiger partial charge in [0.2, 0.25) is 0 Å². The van der Waals surface area contributed by atoms with Gasteiger partial charge in [0.25, 0.3) is 0 Å². The van der Waals surface area contributed by atoms with Crippen LogP contribution in [0.15, 0.2) is 36.4 Å². The average molecular weight is 258 g/mol. The van der Waals surface area contributed by atoms with E-state index in [1.165, 1.54) is 31.4 Å². The van der Waals surface area contributed by atoms with Crippen LogP contribution in [0.2, 0.25) is 0 Å². The summed E-state index contributed by atoms with van der Waals surface area (Å²) < 4.78 is 0. The van der Waals surface area contributed by atoms with Crippen molar-refractivity contribution in [2.24, 2.45) is 11.7 Å². The molecule has 2 unspecified atom stereocenters. The summed E-state index contributed by atoms with van der Waals surface area (Å²) in [4.78, 5) is 2.53. The predicted molar refractivity (Wildman–Crippen MR) is 82.9 cm³/mol. The van der Waals surface area contributed by atoms with Crippen molar-refractivity contribution in [2.75, 3.05) is 19.6 Å². The molecule has 1 aliphatic heterocycles. The Morgan fingerprint density at radius 3 is 2.79 bits per heavy atom. The van der Waals surface area contributed by atoms with E-state index in [0.29, 0.717) is 6.04 Å². The van der Waals surface area contributed by atoms with E-state index in [2.05, 4.69) is 54.3 Å². The van der Waals surface area contributed by atoms with Gasteiger partial charge in [-0.1, -0.05) is 55.8 Å². The Bertz CT molecular complexity index is 386. The number of benzene rings is 1. The molecular weight excluding hydrogens is 232 g/mol. The van der Waals surface area contributed by atoms with Crippen LogP contribution in [0.4, 0.5) is 0 Å². The van der Waals surface area contributed by atoms with Crippen LogP contribution in [0.5, 0.6) is 0 Å². The maximum atomic E-state index is 5.93. The highest BCUT2D eigenvalue weighted by molar-refractivity contribution is 5.48. The maximum absolute atomic E-state index is 5.93. The molecule has 2 atom stereocenters. The van der Waals surface area contributed by atoms with Crippen LogP contribution in [0.25, 0.3) is 6.08 Å². The molecule has 1 saturated heterocycles. The molecule has 19 heavy (non-hydrogen) atoms. The first-order valence-electron chi connectivity index (χ1n) is 7.49. The van der Waals surface area contributed by atoms with Crippen LogP contribution in [-0.2, 0) is 0 Å². The van der Waals surface area contributed by atoms with Crippen molar-refractivity contribution in [1.82, 2.24) is 4.90 Å². The van der Waals surface area contributed by atoms with Crippen molar-refractivity contribution in [2.45, 2.75) is 32.2 Å². The van der Waals surface area contributed by atoms with Crippen molar-refractivity contribution in [3.05, 3.63) is 42.0 Å². The van der Waals surface area contributed by atoms with Gasteiger partial charge in [0.05, 0.1) is 0 Å². The number of likely N-dealkylation sites (tertiary alicyclic amines) is 1.